The van der Waals surface area contributed by atoms with E-state index in [1.54, 1.807) is 31.5 Å². The van der Waals surface area contributed by atoms with Gasteiger partial charge in [-0.25, -0.2) is 14.8 Å². The van der Waals surface area contributed by atoms with Crippen LogP contribution in [0.5, 0.6) is 11.5 Å². The van der Waals surface area contributed by atoms with Crippen molar-refractivity contribution in [1.29, 1.82) is 0 Å². The van der Waals surface area contributed by atoms with Crippen LogP contribution in [0.1, 0.15) is 34.2 Å². The number of nitrogens with zero attached hydrogens (tertiary/aromatic N) is 3. The number of likely N-dealkylation sites (N-methyl/N-ethyl adjacent to an activating group) is 1. The monoisotopic (exact) mass is 522 g/mol. The van der Waals surface area contributed by atoms with Crippen LogP contribution in [0.15, 0.2) is 45.9 Å². The van der Waals surface area contributed by atoms with Crippen molar-refractivity contribution in [2.75, 3.05) is 39.2 Å². The molecule has 0 spiro atoms. The van der Waals surface area contributed by atoms with E-state index in [1.807, 2.05) is 50.2 Å². The van der Waals surface area contributed by atoms with Crippen LogP contribution in [-0.4, -0.2) is 72.6 Å². The third-order valence-electron chi connectivity index (χ3n) is 5.35. The first-order valence-electron chi connectivity index (χ1n) is 11.8. The summed E-state index contributed by atoms with van der Waals surface area (Å²) in [6, 6.07) is 9.24. The van der Waals surface area contributed by atoms with E-state index in [0.29, 0.717) is 23.7 Å². The summed E-state index contributed by atoms with van der Waals surface area (Å²) in [5.74, 6) is 0.502. The number of aromatic nitrogens is 1. The van der Waals surface area contributed by atoms with Crippen molar-refractivity contribution in [3.8, 4) is 11.5 Å². The number of esters is 1. The van der Waals surface area contributed by atoms with Crippen LogP contribution >= 0.6 is 0 Å². The zero-order chi connectivity index (χ0) is 27.7. The molecule has 4 rings (SSSR count). The standard InChI is InChI=1S/C26H28N4O5.CH2O2/c1-5-33-26(32)22-23(31)21(14-17-15-28-24-19(17)7-6-10-27-24)35-25(22)29-20-9-8-18(13-16(20)2)34-12-11-30(3)4;2-1-3/h6-10,13-15,29,31H,5,11-12H2,1-4H3;1H,(H,2,3). The highest BCUT2D eigenvalue weighted by Gasteiger charge is 2.27. The Hall–Kier alpha value is -4.64. The summed E-state index contributed by atoms with van der Waals surface area (Å²) in [6.07, 6.45) is 4.91. The number of fused-ring (bicyclic) bond motifs is 1. The van der Waals surface area contributed by atoms with Gasteiger partial charge in [-0.2, -0.15) is 0 Å². The summed E-state index contributed by atoms with van der Waals surface area (Å²) in [4.78, 5) is 31.6. The maximum absolute atomic E-state index is 12.7. The normalized spacial score (nSPS) is 12.6. The largest absolute Gasteiger partial charge is 0.504 e. The number of pyridine rings is 1. The Bertz CT molecular complexity index is 1350. The first kappa shape index (κ1) is 27.9. The molecule has 0 saturated heterocycles. The predicted octanol–water partition coefficient (Wildman–Crippen LogP) is 4.51. The lowest BCUT2D eigenvalue weighted by Crippen LogP contribution is -2.19. The van der Waals surface area contributed by atoms with Crippen molar-refractivity contribution in [2.45, 2.75) is 13.8 Å². The number of carbonyl (C=O) groups is 2. The van der Waals surface area contributed by atoms with Crippen LogP contribution in [-0.2, 0) is 9.53 Å². The summed E-state index contributed by atoms with van der Waals surface area (Å²) in [5.41, 5.74) is 3.00. The van der Waals surface area contributed by atoms with E-state index < -0.39 is 5.97 Å². The number of aryl methyl sites for hydroxylation is 1. The van der Waals surface area contributed by atoms with Crippen LogP contribution in [0.25, 0.3) is 11.6 Å². The van der Waals surface area contributed by atoms with Gasteiger partial charge < -0.3 is 34.3 Å². The van der Waals surface area contributed by atoms with Gasteiger partial charge in [0.05, 0.1) is 6.61 Å². The number of nitrogens with one attached hydrogen (secondary N) is 1. The molecule has 0 radical (unpaired) electrons. The van der Waals surface area contributed by atoms with E-state index in [-0.39, 0.29) is 36.0 Å². The average Bonchev–Trinajstić information content (AvgIpc) is 3.42. The Labute approximate surface area is 220 Å². The molecule has 0 aliphatic carbocycles. The second-order valence-electron chi connectivity index (χ2n) is 8.33. The first-order chi connectivity index (χ1) is 18.3. The fourth-order valence-electron chi connectivity index (χ4n) is 3.53. The van der Waals surface area contributed by atoms with E-state index in [0.717, 1.165) is 23.4 Å². The van der Waals surface area contributed by atoms with Gasteiger partial charge in [0.25, 0.3) is 6.47 Å². The molecular weight excluding hydrogens is 492 g/mol. The highest BCUT2D eigenvalue weighted by Crippen LogP contribution is 2.40. The van der Waals surface area contributed by atoms with Crippen molar-refractivity contribution in [3.05, 3.63) is 59.0 Å². The van der Waals surface area contributed by atoms with Gasteiger partial charge in [-0.1, -0.05) is 0 Å². The number of aromatic hydroxyl groups is 1. The fraction of sp³-hybridized carbons (Fsp3) is 0.259. The summed E-state index contributed by atoms with van der Waals surface area (Å²) < 4.78 is 16.9. The number of hydrogen-bond acceptors (Lipinski definition) is 10. The molecule has 11 heteroatoms. The molecule has 1 aliphatic heterocycles. The minimum absolute atomic E-state index is 0.0780. The zero-order valence-electron chi connectivity index (χ0n) is 21.6. The molecule has 1 aliphatic rings. The van der Waals surface area contributed by atoms with Crippen LogP contribution in [0.4, 0.5) is 17.4 Å². The molecule has 0 atom stereocenters. The lowest BCUT2D eigenvalue weighted by Gasteiger charge is -2.13. The molecular formula is C27H30N4O7. The maximum Gasteiger partial charge on any atom is 0.347 e. The van der Waals surface area contributed by atoms with Crippen LogP contribution < -0.4 is 10.1 Å². The Balaban J connectivity index is 0.00000127. The Morgan fingerprint density at radius 1 is 1.26 bits per heavy atom. The number of allylic oxidation sites excluding steroid dienone is 1. The lowest BCUT2D eigenvalue weighted by atomic mass is 10.1. The number of rotatable bonds is 9. The Morgan fingerprint density at radius 2 is 2.03 bits per heavy atom. The summed E-state index contributed by atoms with van der Waals surface area (Å²) in [6.45, 7) is 4.89. The van der Waals surface area contributed by atoms with E-state index in [4.69, 9.17) is 23.8 Å². The third kappa shape index (κ3) is 6.77. The number of ether oxygens (including phenoxy) is 2. The maximum atomic E-state index is 12.7. The van der Waals surface area contributed by atoms with Gasteiger partial charge in [0.2, 0.25) is 5.88 Å². The summed E-state index contributed by atoms with van der Waals surface area (Å²) in [5, 5.41) is 20.9. The predicted molar refractivity (Wildman–Crippen MR) is 144 cm³/mol. The Kier molecular flexibility index (Phi) is 9.60. The van der Waals surface area contributed by atoms with E-state index in [2.05, 4.69) is 15.3 Å². The highest BCUT2D eigenvalue weighted by molar-refractivity contribution is 6.21. The summed E-state index contributed by atoms with van der Waals surface area (Å²) >= 11 is 0. The first-order valence-corrected chi connectivity index (χ1v) is 11.8. The highest BCUT2D eigenvalue weighted by atomic mass is 16.5. The zero-order valence-corrected chi connectivity index (χ0v) is 21.6. The number of aliphatic imine (C=N–C) groups is 1. The molecule has 38 heavy (non-hydrogen) atoms. The van der Waals surface area contributed by atoms with Gasteiger partial charge in [0.1, 0.15) is 12.4 Å². The quantitative estimate of drug-likeness (QED) is 0.271. The van der Waals surface area contributed by atoms with Gasteiger partial charge in [-0.05, 0) is 69.9 Å². The number of carbonyl (C=O) groups excluding carboxylic acids is 1. The molecule has 3 heterocycles. The van der Waals surface area contributed by atoms with Crippen LogP contribution in [0.2, 0.25) is 0 Å². The van der Waals surface area contributed by atoms with Crippen LogP contribution in [0, 0.1) is 6.92 Å². The molecule has 0 bridgehead atoms. The molecule has 0 saturated carbocycles. The molecule has 2 aromatic heterocycles. The second-order valence-corrected chi connectivity index (χ2v) is 8.33. The van der Waals surface area contributed by atoms with E-state index in [9.17, 15) is 9.90 Å². The fourth-order valence-corrected chi connectivity index (χ4v) is 3.53. The molecule has 3 N–H and O–H groups in total. The van der Waals surface area contributed by atoms with Gasteiger partial charge in [0, 0.05) is 35.8 Å². The number of carboxylic acid groups (broad SMARTS) is 1. The molecule has 200 valence electrons. The molecule has 3 aromatic rings. The smallest absolute Gasteiger partial charge is 0.347 e. The van der Waals surface area contributed by atoms with Crippen molar-refractivity contribution >= 4 is 47.7 Å². The van der Waals surface area contributed by atoms with Gasteiger partial charge >= 0.3 is 5.97 Å². The second kappa shape index (κ2) is 13.1. The van der Waals surface area contributed by atoms with Gasteiger partial charge in [-0.3, -0.25) is 4.79 Å². The third-order valence-corrected chi connectivity index (χ3v) is 5.35. The number of hydrogen-bond donors (Lipinski definition) is 3. The Morgan fingerprint density at radius 3 is 2.71 bits per heavy atom. The molecule has 0 unspecified atom stereocenters. The number of anilines is 2. The molecule has 11 nitrogen and oxygen atoms in total. The SMILES string of the molecule is CCOC(=O)c1c(Nc2ccc(OCCN(C)C)cc2C)oc(C=C2C=Nc3ncccc32)c1O.O=CO. The minimum atomic E-state index is -0.690. The topological polar surface area (TPSA) is 147 Å². The van der Waals surface area contributed by atoms with Gasteiger partial charge in [-0.15, -0.1) is 0 Å². The average molecular weight is 523 g/mol. The summed E-state index contributed by atoms with van der Waals surface area (Å²) in [7, 11) is 3.97. The molecule has 0 amide bonds. The van der Waals surface area contributed by atoms with Crippen LogP contribution in [0.3, 0.4) is 0 Å². The number of benzene rings is 1. The van der Waals surface area contributed by atoms with Crippen molar-refractivity contribution in [2.24, 2.45) is 4.99 Å². The van der Waals surface area contributed by atoms with Crippen molar-refractivity contribution < 1.29 is 33.7 Å². The number of furan rings is 1. The van der Waals surface area contributed by atoms with Crippen molar-refractivity contribution in [3.63, 3.8) is 0 Å². The van der Waals surface area contributed by atoms with E-state index >= 15 is 0 Å². The minimum Gasteiger partial charge on any atom is -0.504 e. The van der Waals surface area contributed by atoms with Crippen molar-refractivity contribution in [1.82, 2.24) is 9.88 Å². The molecule has 0 fully saturated rings. The molecule has 1 aromatic carbocycles. The van der Waals surface area contributed by atoms with Gasteiger partial charge in [0.15, 0.2) is 22.9 Å². The lowest BCUT2D eigenvalue weighted by molar-refractivity contribution is -0.122. The van der Waals surface area contributed by atoms with E-state index in [1.165, 1.54) is 0 Å².